The normalized spacial score (nSPS) is 10.2. The van der Waals surface area contributed by atoms with Crippen molar-refractivity contribution < 1.29 is 23.8 Å². The van der Waals surface area contributed by atoms with Crippen molar-refractivity contribution in [3.05, 3.63) is 58.1 Å². The molecule has 0 aliphatic rings. The number of carbonyl (C=O) groups is 2. The van der Waals surface area contributed by atoms with E-state index in [-0.39, 0.29) is 11.7 Å². The van der Waals surface area contributed by atoms with Crippen molar-refractivity contribution in [1.82, 2.24) is 16.2 Å². The Morgan fingerprint density at radius 1 is 1.03 bits per heavy atom. The van der Waals surface area contributed by atoms with Gasteiger partial charge in [0, 0.05) is 12.7 Å². The zero-order valence-corrected chi connectivity index (χ0v) is 19.6. The van der Waals surface area contributed by atoms with Crippen molar-refractivity contribution in [2.75, 3.05) is 26.9 Å². The van der Waals surface area contributed by atoms with Crippen molar-refractivity contribution >= 4 is 45.1 Å². The van der Waals surface area contributed by atoms with Crippen LogP contribution in [-0.4, -0.2) is 43.9 Å². The van der Waals surface area contributed by atoms with Crippen LogP contribution in [0, 0.1) is 0 Å². The molecule has 0 aliphatic carbocycles. The number of hydrazine groups is 1. The highest BCUT2D eigenvalue weighted by Crippen LogP contribution is 2.26. The van der Waals surface area contributed by atoms with Crippen molar-refractivity contribution in [3.8, 4) is 11.5 Å². The lowest BCUT2D eigenvalue weighted by Crippen LogP contribution is -2.49. The van der Waals surface area contributed by atoms with E-state index in [2.05, 4.69) is 39.0 Å². The average molecular weight is 510 g/mol. The third-order valence-corrected chi connectivity index (χ3v) is 4.80. The Balaban J connectivity index is 1.73. The molecule has 0 atom stereocenters. The molecule has 0 spiro atoms. The number of nitrogens with one attached hydrogen (secondary N) is 3. The van der Waals surface area contributed by atoms with Gasteiger partial charge in [0.25, 0.3) is 11.8 Å². The number of thiocarbonyl (C=S) groups is 1. The number of amides is 2. The summed E-state index contributed by atoms with van der Waals surface area (Å²) in [5.74, 6) is 0.294. The molecule has 2 aromatic rings. The van der Waals surface area contributed by atoms with Crippen LogP contribution in [0.15, 0.2) is 46.9 Å². The summed E-state index contributed by atoms with van der Waals surface area (Å²) in [6.45, 7) is 2.72. The fourth-order valence-corrected chi connectivity index (χ4v) is 3.02. The number of halogens is 1. The van der Waals surface area contributed by atoms with Crippen LogP contribution in [0.2, 0.25) is 0 Å². The zero-order valence-electron chi connectivity index (χ0n) is 17.2. The van der Waals surface area contributed by atoms with Gasteiger partial charge in [0.05, 0.1) is 11.1 Å². The van der Waals surface area contributed by atoms with E-state index >= 15 is 0 Å². The van der Waals surface area contributed by atoms with Crippen molar-refractivity contribution in [1.29, 1.82) is 0 Å². The first kappa shape index (κ1) is 24.6. The maximum Gasteiger partial charge on any atom is 0.276 e. The third-order valence-electron chi connectivity index (χ3n) is 3.98. The summed E-state index contributed by atoms with van der Waals surface area (Å²) < 4.78 is 16.6. The quantitative estimate of drug-likeness (QED) is 0.271. The number of aryl methyl sites for hydroxylation is 1. The van der Waals surface area contributed by atoms with Gasteiger partial charge >= 0.3 is 0 Å². The summed E-state index contributed by atoms with van der Waals surface area (Å²) in [7, 11) is 1.59. The molecule has 8 nitrogen and oxygen atoms in total. The van der Waals surface area contributed by atoms with E-state index in [1.54, 1.807) is 37.4 Å². The lowest BCUT2D eigenvalue weighted by Gasteiger charge is -2.12. The van der Waals surface area contributed by atoms with Gasteiger partial charge in [-0.05, 0) is 76.5 Å². The first-order valence-corrected chi connectivity index (χ1v) is 10.7. The van der Waals surface area contributed by atoms with Gasteiger partial charge in [-0.1, -0.05) is 13.0 Å². The molecule has 2 amide bonds. The number of benzene rings is 2. The Morgan fingerprint density at radius 3 is 2.42 bits per heavy atom. The molecule has 3 N–H and O–H groups in total. The highest BCUT2D eigenvalue weighted by atomic mass is 79.9. The highest BCUT2D eigenvalue weighted by Gasteiger charge is 2.10. The van der Waals surface area contributed by atoms with E-state index in [4.69, 9.17) is 26.4 Å². The number of rotatable bonds is 9. The van der Waals surface area contributed by atoms with E-state index < -0.39 is 11.8 Å². The van der Waals surface area contributed by atoms with E-state index in [9.17, 15) is 9.59 Å². The minimum atomic E-state index is -0.458. The summed E-state index contributed by atoms with van der Waals surface area (Å²) in [6.07, 6.45) is 0.902. The molecule has 0 aromatic heterocycles. The first-order chi connectivity index (χ1) is 14.9. The van der Waals surface area contributed by atoms with Gasteiger partial charge in [0.15, 0.2) is 11.7 Å². The second-order valence-electron chi connectivity index (χ2n) is 6.23. The maximum atomic E-state index is 12.2. The molecular weight excluding hydrogens is 486 g/mol. The van der Waals surface area contributed by atoms with Crippen LogP contribution in [0.3, 0.4) is 0 Å². The number of methoxy groups -OCH3 is 1. The van der Waals surface area contributed by atoms with Crippen LogP contribution in [-0.2, 0) is 16.0 Å². The number of carbonyl (C=O) groups excluding carboxylic acids is 2. The molecule has 2 rings (SSSR count). The Kier molecular flexibility index (Phi) is 10.2. The highest BCUT2D eigenvalue weighted by molar-refractivity contribution is 9.10. The Labute approximate surface area is 194 Å². The Hall–Kier alpha value is -2.69. The van der Waals surface area contributed by atoms with Crippen LogP contribution < -0.4 is 25.6 Å². The number of hydrogen-bond acceptors (Lipinski definition) is 6. The molecule has 0 heterocycles. The van der Waals surface area contributed by atoms with Gasteiger partial charge in [-0.2, -0.15) is 0 Å². The molecule has 0 aliphatic heterocycles. The summed E-state index contributed by atoms with van der Waals surface area (Å²) in [6, 6.07) is 12.2. The molecule has 0 saturated heterocycles. The lowest BCUT2D eigenvalue weighted by atomic mass is 10.2. The van der Waals surface area contributed by atoms with Crippen LogP contribution in [0.1, 0.15) is 22.8 Å². The van der Waals surface area contributed by atoms with Gasteiger partial charge in [-0.3, -0.25) is 25.8 Å². The molecule has 31 heavy (non-hydrogen) atoms. The average Bonchev–Trinajstić information content (AvgIpc) is 2.77. The van der Waals surface area contributed by atoms with Crippen molar-refractivity contribution in [2.24, 2.45) is 0 Å². The van der Waals surface area contributed by atoms with Crippen molar-refractivity contribution in [2.45, 2.75) is 13.3 Å². The van der Waals surface area contributed by atoms with Gasteiger partial charge in [0.2, 0.25) is 0 Å². The predicted molar refractivity (Wildman–Crippen MR) is 124 cm³/mol. The number of ether oxygens (including phenoxy) is 3. The summed E-state index contributed by atoms with van der Waals surface area (Å²) in [5, 5.41) is 2.43. The molecular formula is C21H24BrN3O5S. The predicted octanol–water partition coefficient (Wildman–Crippen LogP) is 2.75. The maximum absolute atomic E-state index is 12.2. The molecule has 0 radical (unpaired) electrons. The van der Waals surface area contributed by atoms with Gasteiger partial charge in [0.1, 0.15) is 18.1 Å². The SMILES string of the molecule is CCc1ccc(OCC(=O)NNC(=S)NC(=O)c2ccc(OCCOC)cc2)c(Br)c1. The topological polar surface area (TPSA) is 97.9 Å². The molecule has 10 heteroatoms. The van der Waals surface area contributed by atoms with E-state index in [1.807, 2.05) is 12.1 Å². The van der Waals surface area contributed by atoms with Gasteiger partial charge in [-0.15, -0.1) is 0 Å². The molecule has 0 bridgehead atoms. The van der Waals surface area contributed by atoms with Gasteiger partial charge in [-0.25, -0.2) is 0 Å². The van der Waals surface area contributed by atoms with E-state index in [1.165, 1.54) is 0 Å². The molecule has 0 fully saturated rings. The minimum Gasteiger partial charge on any atom is -0.491 e. The Morgan fingerprint density at radius 2 is 1.77 bits per heavy atom. The first-order valence-electron chi connectivity index (χ1n) is 9.46. The van der Waals surface area contributed by atoms with E-state index in [0.717, 1.165) is 16.5 Å². The zero-order chi connectivity index (χ0) is 22.6. The van der Waals surface area contributed by atoms with Crippen molar-refractivity contribution in [3.63, 3.8) is 0 Å². The summed E-state index contributed by atoms with van der Waals surface area (Å²) in [4.78, 5) is 24.2. The smallest absolute Gasteiger partial charge is 0.276 e. The van der Waals surface area contributed by atoms with E-state index in [0.29, 0.717) is 30.3 Å². The molecule has 2 aromatic carbocycles. The van der Waals surface area contributed by atoms with Gasteiger partial charge < -0.3 is 14.2 Å². The second-order valence-corrected chi connectivity index (χ2v) is 7.49. The fourth-order valence-electron chi connectivity index (χ4n) is 2.34. The standard InChI is InChI=1S/C21H24BrN3O5S/c1-3-14-4-9-18(17(22)12-14)30-13-19(26)24-25-21(31)23-20(27)15-5-7-16(8-6-15)29-11-10-28-2/h4-9,12H,3,10-11,13H2,1-2H3,(H,24,26)(H2,23,25,27,31). The van der Waals surface area contributed by atoms with Crippen LogP contribution >= 0.6 is 28.1 Å². The molecule has 0 unspecified atom stereocenters. The molecule has 166 valence electrons. The molecule has 0 saturated carbocycles. The summed E-state index contributed by atoms with van der Waals surface area (Å²) >= 11 is 8.44. The monoisotopic (exact) mass is 509 g/mol. The number of hydrogen-bond donors (Lipinski definition) is 3. The Bertz CT molecular complexity index is 908. The largest absolute Gasteiger partial charge is 0.491 e. The second kappa shape index (κ2) is 12.9. The summed E-state index contributed by atoms with van der Waals surface area (Å²) in [5.41, 5.74) is 6.38. The lowest BCUT2D eigenvalue weighted by molar-refractivity contribution is -0.123. The van der Waals surface area contributed by atoms with Crippen LogP contribution in [0.5, 0.6) is 11.5 Å². The third kappa shape index (κ3) is 8.52. The minimum absolute atomic E-state index is 0.0488. The fraction of sp³-hybridized carbons (Fsp3) is 0.286. The van der Waals surface area contributed by atoms with Crippen LogP contribution in [0.25, 0.3) is 0 Å². The van der Waals surface area contributed by atoms with Crippen LogP contribution in [0.4, 0.5) is 0 Å².